The quantitative estimate of drug-likeness (QED) is 0.0543. The van der Waals surface area contributed by atoms with Crippen LogP contribution >= 0.6 is 0 Å². The highest BCUT2D eigenvalue weighted by atomic mass is 19.4. The molecule has 0 aliphatic heterocycles. The van der Waals surface area contributed by atoms with Gasteiger partial charge in [0.25, 0.3) is 0 Å². The van der Waals surface area contributed by atoms with Crippen molar-refractivity contribution >= 4 is 29.4 Å². The van der Waals surface area contributed by atoms with Gasteiger partial charge in [-0.2, -0.15) is 22.0 Å². The first-order valence-corrected chi connectivity index (χ1v) is 14.3. The van der Waals surface area contributed by atoms with Crippen LogP contribution in [0.5, 0.6) is 5.75 Å². The average molecular weight is 635 g/mol. The zero-order valence-electron chi connectivity index (χ0n) is 24.5. The standard InChI is InChI=1S/C33H35F5N2O5/c34-32(35,36)17-5-6-23-7-12-26(13-8-23)33(37,38)45-29-14-9-24(10-15-29)11-16-30(41)43-18-3-1-2-4-19-44-31(42)25-20-27(39)22-28(40)21-25/h7-16,20-22H,1-6,17-19,39-40H2/b16-11+. The summed E-state index contributed by atoms with van der Waals surface area (Å²) in [7, 11) is 0. The van der Waals surface area contributed by atoms with Crippen molar-refractivity contribution in [3.05, 3.63) is 95.1 Å². The number of nitrogens with two attached hydrogens (primary N) is 2. The van der Waals surface area contributed by atoms with Crippen molar-refractivity contribution in [2.45, 2.75) is 57.2 Å². The molecule has 3 rings (SSSR count). The van der Waals surface area contributed by atoms with Crippen molar-refractivity contribution in [3.8, 4) is 5.75 Å². The molecule has 0 radical (unpaired) electrons. The fourth-order valence-electron chi connectivity index (χ4n) is 4.20. The van der Waals surface area contributed by atoms with E-state index in [2.05, 4.69) is 0 Å². The van der Waals surface area contributed by atoms with E-state index in [-0.39, 0.29) is 31.8 Å². The van der Waals surface area contributed by atoms with E-state index in [4.69, 9.17) is 25.7 Å². The van der Waals surface area contributed by atoms with Gasteiger partial charge in [0.1, 0.15) is 5.75 Å². The number of benzene rings is 3. The fraction of sp³-hybridized carbons (Fsp3) is 0.333. The number of ether oxygens (including phenoxy) is 3. The average Bonchev–Trinajstić information content (AvgIpc) is 2.97. The number of aryl methyl sites for hydroxylation is 1. The summed E-state index contributed by atoms with van der Waals surface area (Å²) < 4.78 is 81.3. The Labute approximate surface area is 258 Å². The number of rotatable bonds is 16. The molecule has 242 valence electrons. The molecule has 0 aliphatic carbocycles. The second-order valence-corrected chi connectivity index (χ2v) is 10.3. The number of hydrogen-bond donors (Lipinski definition) is 2. The molecule has 12 heteroatoms. The van der Waals surface area contributed by atoms with E-state index in [9.17, 15) is 31.5 Å². The van der Waals surface area contributed by atoms with Crippen LogP contribution in [-0.2, 0) is 26.8 Å². The Morgan fingerprint density at radius 1 is 0.733 bits per heavy atom. The molecule has 3 aromatic rings. The lowest BCUT2D eigenvalue weighted by Crippen LogP contribution is -2.21. The topological polar surface area (TPSA) is 114 Å². The number of alkyl halides is 5. The molecule has 0 fully saturated rings. The minimum atomic E-state index is -4.25. The first kappa shape index (κ1) is 34.9. The third kappa shape index (κ3) is 12.9. The first-order valence-electron chi connectivity index (χ1n) is 14.3. The highest BCUT2D eigenvalue weighted by Gasteiger charge is 2.34. The summed E-state index contributed by atoms with van der Waals surface area (Å²) in [5.41, 5.74) is 13.0. The van der Waals surface area contributed by atoms with Crippen LogP contribution in [0.1, 0.15) is 65.6 Å². The molecule has 0 atom stereocenters. The van der Waals surface area contributed by atoms with E-state index >= 15 is 0 Å². The lowest BCUT2D eigenvalue weighted by molar-refractivity contribution is -0.185. The summed E-state index contributed by atoms with van der Waals surface area (Å²) >= 11 is 0. The lowest BCUT2D eigenvalue weighted by Gasteiger charge is -2.18. The Morgan fingerprint density at radius 3 is 1.93 bits per heavy atom. The molecule has 0 spiro atoms. The summed E-state index contributed by atoms with van der Waals surface area (Å²) in [5.74, 6) is -1.17. The lowest BCUT2D eigenvalue weighted by atomic mass is 10.1. The normalized spacial score (nSPS) is 11.8. The highest BCUT2D eigenvalue weighted by Crippen LogP contribution is 2.32. The molecule has 0 heterocycles. The Morgan fingerprint density at radius 2 is 1.33 bits per heavy atom. The summed E-state index contributed by atoms with van der Waals surface area (Å²) in [6, 6.07) is 15.1. The Balaban J connectivity index is 1.31. The van der Waals surface area contributed by atoms with Crippen molar-refractivity contribution < 1.29 is 45.8 Å². The van der Waals surface area contributed by atoms with Gasteiger partial charge in [-0.15, -0.1) is 0 Å². The van der Waals surface area contributed by atoms with Crippen molar-refractivity contribution in [1.29, 1.82) is 0 Å². The number of halogens is 5. The maximum Gasteiger partial charge on any atom is 0.426 e. The molecule has 7 nitrogen and oxygen atoms in total. The first-order chi connectivity index (χ1) is 21.3. The molecule has 0 saturated heterocycles. The van der Waals surface area contributed by atoms with Crippen LogP contribution in [0.15, 0.2) is 72.8 Å². The number of unbranched alkanes of at least 4 members (excludes halogenated alkanes) is 3. The molecule has 0 aromatic heterocycles. The van der Waals surface area contributed by atoms with Gasteiger partial charge >= 0.3 is 24.2 Å². The van der Waals surface area contributed by atoms with E-state index in [0.717, 1.165) is 25.0 Å². The van der Waals surface area contributed by atoms with Crippen LogP contribution in [0.25, 0.3) is 6.08 Å². The third-order valence-corrected chi connectivity index (χ3v) is 6.48. The van der Waals surface area contributed by atoms with Gasteiger partial charge in [0.05, 0.1) is 24.3 Å². The van der Waals surface area contributed by atoms with Crippen LogP contribution < -0.4 is 16.2 Å². The van der Waals surface area contributed by atoms with Crippen molar-refractivity contribution in [1.82, 2.24) is 0 Å². The van der Waals surface area contributed by atoms with Crippen molar-refractivity contribution in [2.24, 2.45) is 0 Å². The molecule has 0 aliphatic rings. The van der Waals surface area contributed by atoms with Crippen molar-refractivity contribution in [2.75, 3.05) is 24.7 Å². The number of esters is 2. The number of nitrogen functional groups attached to an aromatic ring is 2. The fourth-order valence-corrected chi connectivity index (χ4v) is 4.20. The number of carbonyl (C=O) groups excluding carboxylic acids is 2. The van der Waals surface area contributed by atoms with E-state index in [1.165, 1.54) is 60.7 Å². The minimum Gasteiger partial charge on any atom is -0.463 e. The van der Waals surface area contributed by atoms with E-state index in [0.29, 0.717) is 40.9 Å². The second kappa shape index (κ2) is 16.5. The SMILES string of the molecule is Nc1cc(N)cc(C(=O)OCCCCCCOC(=O)/C=C/c2ccc(OC(F)(F)c3ccc(CCCC(F)(F)F)cc3)cc2)c1. The van der Waals surface area contributed by atoms with Crippen LogP contribution in [0.2, 0.25) is 0 Å². The zero-order chi connectivity index (χ0) is 32.9. The minimum absolute atomic E-state index is 0.113. The second-order valence-electron chi connectivity index (χ2n) is 10.3. The molecule has 0 unspecified atom stereocenters. The zero-order valence-corrected chi connectivity index (χ0v) is 24.5. The van der Waals surface area contributed by atoms with Crippen LogP contribution in [0.4, 0.5) is 33.3 Å². The molecule has 4 N–H and O–H groups in total. The van der Waals surface area contributed by atoms with E-state index < -0.39 is 36.2 Å². The smallest absolute Gasteiger partial charge is 0.426 e. The molecule has 0 bridgehead atoms. The van der Waals surface area contributed by atoms with Crippen LogP contribution in [0.3, 0.4) is 0 Å². The van der Waals surface area contributed by atoms with Crippen LogP contribution in [-0.4, -0.2) is 31.3 Å². The van der Waals surface area contributed by atoms with Gasteiger partial charge in [-0.05, 0) is 98.2 Å². The Kier molecular flexibility index (Phi) is 12.8. The predicted molar refractivity (Wildman–Crippen MR) is 160 cm³/mol. The van der Waals surface area contributed by atoms with E-state index in [1.54, 1.807) is 6.07 Å². The van der Waals surface area contributed by atoms with Gasteiger partial charge in [-0.3, -0.25) is 0 Å². The molecule has 0 saturated carbocycles. The van der Waals surface area contributed by atoms with Gasteiger partial charge < -0.3 is 25.7 Å². The summed E-state index contributed by atoms with van der Waals surface area (Å²) in [6.07, 6.45) is -3.36. The molecular weight excluding hydrogens is 599 g/mol. The molecule has 3 aromatic carbocycles. The maximum atomic E-state index is 14.6. The molecule has 0 amide bonds. The van der Waals surface area contributed by atoms with Gasteiger partial charge in [0, 0.05) is 23.9 Å². The highest BCUT2D eigenvalue weighted by molar-refractivity contribution is 5.91. The number of anilines is 2. The monoisotopic (exact) mass is 634 g/mol. The van der Waals surface area contributed by atoms with Gasteiger partial charge in [-0.1, -0.05) is 24.3 Å². The Hall–Kier alpha value is -4.61. The Bertz CT molecular complexity index is 1400. The summed E-state index contributed by atoms with van der Waals surface area (Å²) in [5, 5.41) is 0. The van der Waals surface area contributed by atoms with Crippen molar-refractivity contribution in [3.63, 3.8) is 0 Å². The summed E-state index contributed by atoms with van der Waals surface area (Å²) in [4.78, 5) is 24.0. The molecular formula is C33H35F5N2O5. The summed E-state index contributed by atoms with van der Waals surface area (Å²) in [6.45, 7) is 0.448. The largest absolute Gasteiger partial charge is 0.463 e. The number of hydrogen-bond acceptors (Lipinski definition) is 7. The van der Waals surface area contributed by atoms with Gasteiger partial charge in [0.2, 0.25) is 0 Å². The van der Waals surface area contributed by atoms with Gasteiger partial charge in [-0.25, -0.2) is 9.59 Å². The van der Waals surface area contributed by atoms with Gasteiger partial charge in [0.15, 0.2) is 0 Å². The van der Waals surface area contributed by atoms with E-state index in [1.807, 2.05) is 0 Å². The number of carbonyl (C=O) groups is 2. The maximum absolute atomic E-state index is 14.6. The van der Waals surface area contributed by atoms with Crippen LogP contribution in [0, 0.1) is 0 Å². The molecule has 45 heavy (non-hydrogen) atoms. The predicted octanol–water partition coefficient (Wildman–Crippen LogP) is 7.84. The third-order valence-electron chi connectivity index (χ3n) is 6.48.